The second-order valence-corrected chi connectivity index (χ2v) is 5.80. The molecule has 3 nitrogen and oxygen atoms in total. The van der Waals surface area contributed by atoms with Crippen molar-refractivity contribution in [2.24, 2.45) is 11.8 Å². The molecule has 2 atom stereocenters. The van der Waals surface area contributed by atoms with E-state index in [0.717, 1.165) is 31.0 Å². The zero-order valence-corrected chi connectivity index (χ0v) is 11.4. The highest BCUT2D eigenvalue weighted by atomic mass is 16.5. The van der Waals surface area contributed by atoms with Crippen LogP contribution in [0.4, 0.5) is 0 Å². The van der Waals surface area contributed by atoms with Crippen molar-refractivity contribution in [1.29, 1.82) is 0 Å². The monoisotopic (exact) mass is 236 g/mol. The van der Waals surface area contributed by atoms with Gasteiger partial charge < -0.3 is 9.84 Å². The molecule has 1 aliphatic carbocycles. The van der Waals surface area contributed by atoms with Gasteiger partial charge in [0.15, 0.2) is 0 Å². The van der Waals surface area contributed by atoms with E-state index in [4.69, 9.17) is 4.52 Å². The van der Waals surface area contributed by atoms with E-state index >= 15 is 0 Å². The number of aromatic nitrogens is 1. The van der Waals surface area contributed by atoms with Gasteiger partial charge in [-0.15, -0.1) is 0 Å². The van der Waals surface area contributed by atoms with E-state index in [1.165, 1.54) is 12.0 Å². The fourth-order valence-electron chi connectivity index (χ4n) is 2.48. The minimum absolute atomic E-state index is 0.519. The highest BCUT2D eigenvalue weighted by molar-refractivity contribution is 5.28. The Kier molecular flexibility index (Phi) is 3.87. The van der Waals surface area contributed by atoms with Crippen molar-refractivity contribution < 1.29 is 4.52 Å². The maximum absolute atomic E-state index is 5.54. The SMILES string of the molecule is CC(C)CNCc1noc2c1CCC(C)C2C. The molecule has 0 radical (unpaired) electrons. The van der Waals surface area contributed by atoms with Gasteiger partial charge in [0.1, 0.15) is 11.5 Å². The Morgan fingerprint density at radius 2 is 2.18 bits per heavy atom. The number of nitrogens with zero attached hydrogens (tertiary/aromatic N) is 1. The van der Waals surface area contributed by atoms with Crippen molar-refractivity contribution >= 4 is 0 Å². The van der Waals surface area contributed by atoms with Gasteiger partial charge in [-0.05, 0) is 31.2 Å². The summed E-state index contributed by atoms with van der Waals surface area (Å²) in [5, 5.41) is 7.68. The van der Waals surface area contributed by atoms with Crippen molar-refractivity contribution in [2.75, 3.05) is 6.54 Å². The number of hydrogen-bond donors (Lipinski definition) is 1. The number of hydrogen-bond acceptors (Lipinski definition) is 3. The van der Waals surface area contributed by atoms with Crippen LogP contribution >= 0.6 is 0 Å². The van der Waals surface area contributed by atoms with Gasteiger partial charge in [0.05, 0.1) is 0 Å². The molecule has 0 saturated carbocycles. The summed E-state index contributed by atoms with van der Waals surface area (Å²) in [5.74, 6) is 3.04. The highest BCUT2D eigenvalue weighted by Gasteiger charge is 2.29. The van der Waals surface area contributed by atoms with Gasteiger partial charge >= 0.3 is 0 Å². The van der Waals surface area contributed by atoms with Crippen molar-refractivity contribution in [3.63, 3.8) is 0 Å². The second-order valence-electron chi connectivity index (χ2n) is 5.80. The van der Waals surface area contributed by atoms with Gasteiger partial charge in [-0.1, -0.05) is 32.9 Å². The van der Waals surface area contributed by atoms with Crippen LogP contribution in [0.2, 0.25) is 0 Å². The van der Waals surface area contributed by atoms with E-state index in [1.54, 1.807) is 0 Å². The summed E-state index contributed by atoms with van der Waals surface area (Å²) in [5.41, 5.74) is 2.49. The Morgan fingerprint density at radius 3 is 2.88 bits per heavy atom. The molecule has 3 heteroatoms. The topological polar surface area (TPSA) is 38.1 Å². The van der Waals surface area contributed by atoms with Gasteiger partial charge in [-0.2, -0.15) is 0 Å². The number of fused-ring (bicyclic) bond motifs is 1. The van der Waals surface area contributed by atoms with E-state index in [-0.39, 0.29) is 0 Å². The van der Waals surface area contributed by atoms with Crippen LogP contribution in [0.15, 0.2) is 4.52 Å². The number of rotatable bonds is 4. The van der Waals surface area contributed by atoms with E-state index < -0.39 is 0 Å². The first kappa shape index (κ1) is 12.6. The molecule has 0 aliphatic heterocycles. The lowest BCUT2D eigenvalue weighted by Gasteiger charge is -2.23. The maximum atomic E-state index is 5.54. The van der Waals surface area contributed by atoms with Crippen LogP contribution in [0.3, 0.4) is 0 Å². The molecule has 0 bridgehead atoms. The standard InChI is InChI=1S/C14H24N2O/c1-9(2)7-15-8-13-12-6-5-10(3)11(4)14(12)17-16-13/h9-11,15H,5-8H2,1-4H3. The molecule has 0 aromatic carbocycles. The minimum atomic E-state index is 0.519. The quantitative estimate of drug-likeness (QED) is 0.873. The van der Waals surface area contributed by atoms with Crippen molar-refractivity contribution in [3.8, 4) is 0 Å². The largest absolute Gasteiger partial charge is 0.361 e. The van der Waals surface area contributed by atoms with Gasteiger partial charge in [-0.25, -0.2) is 0 Å². The molecule has 2 unspecified atom stereocenters. The minimum Gasteiger partial charge on any atom is -0.361 e. The zero-order valence-electron chi connectivity index (χ0n) is 11.4. The predicted molar refractivity (Wildman–Crippen MR) is 68.9 cm³/mol. The Morgan fingerprint density at radius 1 is 1.41 bits per heavy atom. The van der Waals surface area contributed by atoms with E-state index in [9.17, 15) is 0 Å². The van der Waals surface area contributed by atoms with Crippen LogP contribution in [0.1, 0.15) is 57.1 Å². The first-order chi connectivity index (χ1) is 8.09. The summed E-state index contributed by atoms with van der Waals surface area (Å²) in [4.78, 5) is 0. The Bertz CT molecular complexity index is 370. The Balaban J connectivity index is 2.03. The van der Waals surface area contributed by atoms with Crippen LogP contribution in [0, 0.1) is 11.8 Å². The molecule has 0 fully saturated rings. The summed E-state index contributed by atoms with van der Waals surface area (Å²) in [6.45, 7) is 10.9. The lowest BCUT2D eigenvalue weighted by atomic mass is 9.80. The normalized spacial score (nSPS) is 24.1. The summed E-state index contributed by atoms with van der Waals surface area (Å²) >= 11 is 0. The van der Waals surface area contributed by atoms with Gasteiger partial charge in [-0.3, -0.25) is 0 Å². The lowest BCUT2D eigenvalue weighted by Crippen LogP contribution is -2.21. The van der Waals surface area contributed by atoms with Gasteiger partial charge in [0, 0.05) is 18.0 Å². The van der Waals surface area contributed by atoms with Gasteiger partial charge in [0.25, 0.3) is 0 Å². The van der Waals surface area contributed by atoms with E-state index in [0.29, 0.717) is 17.8 Å². The third-order valence-corrected chi connectivity index (χ3v) is 3.86. The van der Waals surface area contributed by atoms with Gasteiger partial charge in [0.2, 0.25) is 0 Å². The Hall–Kier alpha value is -0.830. The average Bonchev–Trinajstić information content (AvgIpc) is 2.67. The third-order valence-electron chi connectivity index (χ3n) is 3.86. The molecular weight excluding hydrogens is 212 g/mol. The maximum Gasteiger partial charge on any atom is 0.143 e. The van der Waals surface area contributed by atoms with Crippen LogP contribution in [-0.4, -0.2) is 11.7 Å². The second kappa shape index (κ2) is 5.21. The molecule has 0 spiro atoms. The van der Waals surface area contributed by atoms with Crippen LogP contribution < -0.4 is 5.32 Å². The lowest BCUT2D eigenvalue weighted by molar-refractivity contribution is 0.306. The first-order valence-electron chi connectivity index (χ1n) is 6.77. The van der Waals surface area contributed by atoms with Crippen molar-refractivity contribution in [1.82, 2.24) is 10.5 Å². The third kappa shape index (κ3) is 2.71. The molecule has 1 heterocycles. The summed E-state index contributed by atoms with van der Waals surface area (Å²) in [6, 6.07) is 0. The summed E-state index contributed by atoms with van der Waals surface area (Å²) in [7, 11) is 0. The summed E-state index contributed by atoms with van der Waals surface area (Å²) < 4.78 is 5.54. The van der Waals surface area contributed by atoms with E-state index in [1.807, 2.05) is 0 Å². The average molecular weight is 236 g/mol. The highest BCUT2D eigenvalue weighted by Crippen LogP contribution is 2.36. The molecule has 1 N–H and O–H groups in total. The molecule has 1 aliphatic rings. The van der Waals surface area contributed by atoms with Crippen LogP contribution in [0.25, 0.3) is 0 Å². The van der Waals surface area contributed by atoms with Crippen LogP contribution in [-0.2, 0) is 13.0 Å². The smallest absolute Gasteiger partial charge is 0.143 e. The molecule has 0 amide bonds. The number of nitrogens with one attached hydrogen (secondary N) is 1. The molecule has 17 heavy (non-hydrogen) atoms. The molecule has 96 valence electrons. The summed E-state index contributed by atoms with van der Waals surface area (Å²) in [6.07, 6.45) is 2.38. The first-order valence-corrected chi connectivity index (χ1v) is 6.77. The predicted octanol–water partition coefficient (Wildman–Crippen LogP) is 3.11. The molecule has 0 saturated heterocycles. The van der Waals surface area contributed by atoms with E-state index in [2.05, 4.69) is 38.2 Å². The molecular formula is C14H24N2O. The van der Waals surface area contributed by atoms with Crippen molar-refractivity contribution in [3.05, 3.63) is 17.0 Å². The fraction of sp³-hybridized carbons (Fsp3) is 0.786. The fourth-order valence-corrected chi connectivity index (χ4v) is 2.48. The Labute approximate surface area is 104 Å². The molecule has 1 aromatic heterocycles. The van der Waals surface area contributed by atoms with Crippen LogP contribution in [0.5, 0.6) is 0 Å². The molecule has 1 aromatic rings. The molecule has 2 rings (SSSR count). The zero-order chi connectivity index (χ0) is 12.4. The van der Waals surface area contributed by atoms with Crippen molar-refractivity contribution in [2.45, 2.75) is 53.0 Å².